The van der Waals surface area contributed by atoms with Crippen molar-refractivity contribution in [2.24, 2.45) is 0 Å². The summed E-state index contributed by atoms with van der Waals surface area (Å²) in [5.41, 5.74) is 0.234. The molecule has 0 radical (unpaired) electrons. The molecule has 0 saturated carbocycles. The average molecular weight is 556 g/mol. The van der Waals surface area contributed by atoms with Gasteiger partial charge in [0.15, 0.2) is 6.29 Å². The predicted molar refractivity (Wildman–Crippen MR) is 131 cm³/mol. The van der Waals surface area contributed by atoms with Crippen molar-refractivity contribution in [3.63, 3.8) is 0 Å². The number of halogens is 4. The third-order valence-electron chi connectivity index (χ3n) is 6.16. The number of amides is 2. The Kier molecular flexibility index (Phi) is 7.88. The van der Waals surface area contributed by atoms with Gasteiger partial charge in [0.05, 0.1) is 34.9 Å². The van der Waals surface area contributed by atoms with Crippen molar-refractivity contribution in [2.75, 3.05) is 29.6 Å². The number of nitrogens with zero attached hydrogens (tertiary/aromatic N) is 3. The fraction of sp³-hybridized carbons (Fsp3) is 0.360. The SMILES string of the molecule is CCOC(O)C1=CN(c2ccc(N3CCOC3=O)c(C)c2)C(O)N(Cc2cccc(C(F)(F)F)c2Cl)C1=O. The van der Waals surface area contributed by atoms with Gasteiger partial charge in [-0.05, 0) is 49.2 Å². The van der Waals surface area contributed by atoms with Gasteiger partial charge in [-0.1, -0.05) is 23.7 Å². The van der Waals surface area contributed by atoms with Crippen LogP contribution in [0, 0.1) is 6.92 Å². The van der Waals surface area contributed by atoms with Crippen molar-refractivity contribution in [1.29, 1.82) is 0 Å². The van der Waals surface area contributed by atoms with E-state index in [9.17, 15) is 33.0 Å². The zero-order valence-electron chi connectivity index (χ0n) is 20.4. The third kappa shape index (κ3) is 5.30. The van der Waals surface area contributed by atoms with E-state index in [0.29, 0.717) is 23.5 Å². The molecule has 0 spiro atoms. The molecule has 2 heterocycles. The number of benzene rings is 2. The van der Waals surface area contributed by atoms with Gasteiger partial charge in [0.2, 0.25) is 6.35 Å². The second-order valence-electron chi connectivity index (χ2n) is 8.59. The number of aryl methyl sites for hydroxylation is 1. The van der Waals surface area contributed by atoms with Gasteiger partial charge in [-0.15, -0.1) is 0 Å². The first-order chi connectivity index (χ1) is 17.9. The number of hydrogen-bond acceptors (Lipinski definition) is 7. The fourth-order valence-electron chi connectivity index (χ4n) is 4.29. The third-order valence-corrected chi connectivity index (χ3v) is 6.61. The summed E-state index contributed by atoms with van der Waals surface area (Å²) >= 11 is 6.04. The van der Waals surface area contributed by atoms with Gasteiger partial charge in [0, 0.05) is 18.5 Å². The first kappa shape index (κ1) is 27.7. The van der Waals surface area contributed by atoms with E-state index in [2.05, 4.69) is 0 Å². The Morgan fingerprint density at radius 2 is 1.97 bits per heavy atom. The molecule has 0 bridgehead atoms. The summed E-state index contributed by atoms with van der Waals surface area (Å²) in [5, 5.41) is 21.1. The Labute approximate surface area is 221 Å². The fourth-order valence-corrected chi connectivity index (χ4v) is 4.58. The Balaban J connectivity index is 1.72. The van der Waals surface area contributed by atoms with Crippen LogP contribution in [0.15, 0.2) is 48.2 Å². The van der Waals surface area contributed by atoms with Gasteiger partial charge in [-0.25, -0.2) is 4.79 Å². The van der Waals surface area contributed by atoms with E-state index in [1.54, 1.807) is 32.0 Å². The molecule has 2 aromatic rings. The maximum Gasteiger partial charge on any atom is 0.417 e. The van der Waals surface area contributed by atoms with Crippen LogP contribution in [0.3, 0.4) is 0 Å². The van der Waals surface area contributed by atoms with Gasteiger partial charge < -0.3 is 24.6 Å². The second-order valence-corrected chi connectivity index (χ2v) is 8.97. The molecule has 2 amide bonds. The molecule has 1 saturated heterocycles. The summed E-state index contributed by atoms with van der Waals surface area (Å²) < 4.78 is 50.3. The molecule has 0 aromatic heterocycles. The van der Waals surface area contributed by atoms with Crippen LogP contribution in [0.2, 0.25) is 5.02 Å². The van der Waals surface area contributed by atoms with E-state index in [1.165, 1.54) is 22.1 Å². The molecule has 2 aliphatic rings. The van der Waals surface area contributed by atoms with Crippen molar-refractivity contribution in [3.8, 4) is 0 Å². The molecule has 0 aliphatic carbocycles. The minimum Gasteiger partial charge on any atom is -0.447 e. The molecule has 204 valence electrons. The van der Waals surface area contributed by atoms with E-state index < -0.39 is 47.9 Å². The van der Waals surface area contributed by atoms with Gasteiger partial charge in [0.1, 0.15) is 6.61 Å². The van der Waals surface area contributed by atoms with Crippen molar-refractivity contribution in [3.05, 3.63) is 69.9 Å². The van der Waals surface area contributed by atoms with Crippen LogP contribution in [0.4, 0.5) is 29.3 Å². The standard InChI is InChI=1S/C25H25ClF3N3O6/c1-3-37-22(34)17-13-31(16-7-8-19(14(2)11-16)30-9-10-38-24(30)36)23(35)32(21(17)33)12-15-5-4-6-18(20(15)26)25(27,28)29/h4-8,11,13,22-23,34-35H,3,9-10,12H2,1-2H3. The molecule has 1 fully saturated rings. The number of ether oxygens (including phenoxy) is 2. The van der Waals surface area contributed by atoms with Crippen LogP contribution in [0.1, 0.15) is 23.6 Å². The summed E-state index contributed by atoms with van der Waals surface area (Å²) in [6.45, 7) is 3.54. The van der Waals surface area contributed by atoms with Crippen LogP contribution in [-0.4, -0.2) is 59.5 Å². The number of aliphatic hydroxyl groups excluding tert-OH is 2. The Morgan fingerprint density at radius 1 is 1.24 bits per heavy atom. The number of aliphatic hydroxyl groups is 2. The molecular formula is C25H25ClF3N3O6. The average Bonchev–Trinajstić information content (AvgIpc) is 3.27. The summed E-state index contributed by atoms with van der Waals surface area (Å²) in [6.07, 6.45) is -7.33. The molecule has 2 atom stereocenters. The van der Waals surface area contributed by atoms with Gasteiger partial charge in [-0.3, -0.25) is 14.6 Å². The first-order valence-corrected chi connectivity index (χ1v) is 12.0. The molecule has 2 aromatic carbocycles. The quantitative estimate of drug-likeness (QED) is 0.498. The maximum absolute atomic E-state index is 13.4. The number of carbonyl (C=O) groups excluding carboxylic acids is 2. The van der Waals surface area contributed by atoms with E-state index in [0.717, 1.165) is 17.0 Å². The number of alkyl halides is 3. The minimum atomic E-state index is -4.72. The van der Waals surface area contributed by atoms with Gasteiger partial charge in [-0.2, -0.15) is 13.2 Å². The Morgan fingerprint density at radius 3 is 2.58 bits per heavy atom. The lowest BCUT2D eigenvalue weighted by Gasteiger charge is -2.41. The summed E-state index contributed by atoms with van der Waals surface area (Å²) in [7, 11) is 0. The number of cyclic esters (lactones) is 1. The van der Waals surface area contributed by atoms with Crippen molar-refractivity contribution in [1.82, 2.24) is 4.90 Å². The highest BCUT2D eigenvalue weighted by molar-refractivity contribution is 6.32. The van der Waals surface area contributed by atoms with E-state index in [-0.39, 0.29) is 24.4 Å². The molecule has 2 aliphatic heterocycles. The Bertz CT molecular complexity index is 1270. The topological polar surface area (TPSA) is 103 Å². The molecule has 4 rings (SSSR count). The smallest absolute Gasteiger partial charge is 0.417 e. The normalized spacial score (nSPS) is 19.1. The van der Waals surface area contributed by atoms with E-state index in [4.69, 9.17) is 21.1 Å². The van der Waals surface area contributed by atoms with Crippen LogP contribution in [0.5, 0.6) is 0 Å². The predicted octanol–water partition coefficient (Wildman–Crippen LogP) is 3.99. The number of carbonyl (C=O) groups is 2. The number of hydrogen-bond donors (Lipinski definition) is 2. The minimum absolute atomic E-state index is 0.0555. The van der Waals surface area contributed by atoms with Gasteiger partial charge in [0.25, 0.3) is 5.91 Å². The first-order valence-electron chi connectivity index (χ1n) is 11.6. The van der Waals surface area contributed by atoms with Crippen molar-refractivity contribution < 1.29 is 42.4 Å². The molecule has 38 heavy (non-hydrogen) atoms. The van der Waals surface area contributed by atoms with Crippen LogP contribution in [0.25, 0.3) is 0 Å². The van der Waals surface area contributed by atoms with Gasteiger partial charge >= 0.3 is 12.3 Å². The van der Waals surface area contributed by atoms with Crippen molar-refractivity contribution >= 4 is 35.0 Å². The number of anilines is 2. The van der Waals surface area contributed by atoms with Crippen LogP contribution >= 0.6 is 11.6 Å². The molecular weight excluding hydrogens is 531 g/mol. The van der Waals surface area contributed by atoms with E-state index in [1.807, 2.05) is 0 Å². The highest BCUT2D eigenvalue weighted by Gasteiger charge is 2.39. The summed E-state index contributed by atoms with van der Waals surface area (Å²) in [4.78, 5) is 28.8. The molecule has 2 N–H and O–H groups in total. The maximum atomic E-state index is 13.4. The van der Waals surface area contributed by atoms with Crippen molar-refractivity contribution in [2.45, 2.75) is 39.2 Å². The highest BCUT2D eigenvalue weighted by Crippen LogP contribution is 2.38. The summed E-state index contributed by atoms with van der Waals surface area (Å²) in [5.74, 6) is -0.851. The lowest BCUT2D eigenvalue weighted by Crippen LogP contribution is -2.54. The lowest BCUT2D eigenvalue weighted by molar-refractivity contribution is -0.146. The summed E-state index contributed by atoms with van der Waals surface area (Å²) in [6, 6.07) is 8.16. The second kappa shape index (κ2) is 10.8. The zero-order chi connectivity index (χ0) is 27.8. The number of rotatable bonds is 7. The highest BCUT2D eigenvalue weighted by atomic mass is 35.5. The Hall–Kier alpha value is -3.32. The molecule has 13 heteroatoms. The van der Waals surface area contributed by atoms with Crippen LogP contribution in [-0.2, 0) is 27.0 Å². The lowest BCUT2D eigenvalue weighted by atomic mass is 10.1. The largest absolute Gasteiger partial charge is 0.447 e. The van der Waals surface area contributed by atoms with Crippen LogP contribution < -0.4 is 9.80 Å². The van der Waals surface area contributed by atoms with E-state index >= 15 is 0 Å². The monoisotopic (exact) mass is 555 g/mol. The zero-order valence-corrected chi connectivity index (χ0v) is 21.2. The molecule has 9 nitrogen and oxygen atoms in total. The molecule has 2 unspecified atom stereocenters.